The van der Waals surface area contributed by atoms with Gasteiger partial charge in [-0.25, -0.2) is 4.98 Å². The van der Waals surface area contributed by atoms with Gasteiger partial charge in [-0.3, -0.25) is 19.7 Å². The van der Waals surface area contributed by atoms with Crippen LogP contribution < -0.4 is 20.7 Å². The van der Waals surface area contributed by atoms with Crippen molar-refractivity contribution in [2.75, 3.05) is 18.4 Å². The van der Waals surface area contributed by atoms with E-state index in [4.69, 9.17) is 4.74 Å². The van der Waals surface area contributed by atoms with Crippen LogP contribution in [0, 0.1) is 0 Å². The molecule has 0 saturated carbocycles. The Morgan fingerprint density at radius 3 is 2.42 bits per heavy atom. The molecule has 1 fully saturated rings. The lowest BCUT2D eigenvalue weighted by molar-refractivity contribution is -0.115. The van der Waals surface area contributed by atoms with Crippen LogP contribution in [0.4, 0.5) is 10.7 Å². The number of para-hydroxylation sites is 1. The van der Waals surface area contributed by atoms with Gasteiger partial charge in [0, 0.05) is 24.7 Å². The summed E-state index contributed by atoms with van der Waals surface area (Å²) in [7, 11) is 0. The Morgan fingerprint density at radius 2 is 1.73 bits per heavy atom. The van der Waals surface area contributed by atoms with Crippen molar-refractivity contribution >= 4 is 40.8 Å². The topological polar surface area (TPSA) is 122 Å². The smallest absolute Gasteiger partial charge is 0.290 e. The van der Waals surface area contributed by atoms with Gasteiger partial charge in [0.15, 0.2) is 0 Å². The molecule has 33 heavy (non-hydrogen) atoms. The van der Waals surface area contributed by atoms with Gasteiger partial charge < -0.3 is 15.4 Å². The molecule has 0 atom stereocenters. The van der Waals surface area contributed by atoms with Crippen LogP contribution in [0.25, 0.3) is 6.08 Å². The molecule has 0 radical (unpaired) electrons. The molecule has 9 nitrogen and oxygen atoms in total. The summed E-state index contributed by atoms with van der Waals surface area (Å²) < 4.78 is 5.81. The van der Waals surface area contributed by atoms with Gasteiger partial charge in [0.05, 0.1) is 10.6 Å². The van der Waals surface area contributed by atoms with Gasteiger partial charge in [-0.15, -0.1) is 0 Å². The van der Waals surface area contributed by atoms with Crippen LogP contribution >= 0.6 is 11.8 Å². The maximum absolute atomic E-state index is 12.2. The van der Waals surface area contributed by atoms with E-state index in [0.29, 0.717) is 30.1 Å². The van der Waals surface area contributed by atoms with E-state index in [0.717, 1.165) is 11.8 Å². The number of amides is 3. The third-order valence-electron chi connectivity index (χ3n) is 4.34. The number of hydrogen-bond donors (Lipinski definition) is 3. The highest BCUT2D eigenvalue weighted by Crippen LogP contribution is 2.27. The number of rotatable bonds is 8. The Bertz CT molecular complexity index is 1200. The lowest BCUT2D eigenvalue weighted by Crippen LogP contribution is -2.29. The predicted molar refractivity (Wildman–Crippen MR) is 125 cm³/mol. The van der Waals surface area contributed by atoms with Crippen molar-refractivity contribution < 1.29 is 19.1 Å². The zero-order valence-corrected chi connectivity index (χ0v) is 18.1. The number of benzene rings is 2. The molecule has 0 spiro atoms. The van der Waals surface area contributed by atoms with Crippen LogP contribution in [0.2, 0.25) is 0 Å². The predicted octanol–water partition coefficient (Wildman–Crippen LogP) is 3.43. The van der Waals surface area contributed by atoms with Gasteiger partial charge in [0.1, 0.15) is 5.75 Å². The number of nitrogens with one attached hydrogen (secondary N) is 3. The number of thioether (sulfide) groups is 1. The first-order valence-corrected chi connectivity index (χ1v) is 10.8. The van der Waals surface area contributed by atoms with Gasteiger partial charge >= 0.3 is 0 Å². The second kappa shape index (κ2) is 10.4. The largest absolute Gasteiger partial charge is 0.439 e. The van der Waals surface area contributed by atoms with Gasteiger partial charge in [-0.05, 0) is 42.1 Å². The van der Waals surface area contributed by atoms with Crippen LogP contribution in [0.3, 0.4) is 0 Å². The third-order valence-corrected chi connectivity index (χ3v) is 5.15. The summed E-state index contributed by atoms with van der Waals surface area (Å²) in [5, 5.41) is 7.63. The van der Waals surface area contributed by atoms with E-state index < -0.39 is 11.1 Å². The van der Waals surface area contributed by atoms with Crippen LogP contribution in [0.15, 0.2) is 71.6 Å². The van der Waals surface area contributed by atoms with Crippen LogP contribution in [0.5, 0.6) is 11.6 Å². The van der Waals surface area contributed by atoms with Crippen molar-refractivity contribution in [1.29, 1.82) is 0 Å². The average Bonchev–Trinajstić information content (AvgIpc) is 3.14. The molecule has 0 bridgehead atoms. The van der Waals surface area contributed by atoms with E-state index in [2.05, 4.69) is 25.9 Å². The zero-order valence-electron chi connectivity index (χ0n) is 17.3. The van der Waals surface area contributed by atoms with Gasteiger partial charge in [0.25, 0.3) is 17.1 Å². The lowest BCUT2D eigenvalue weighted by atomic mass is 10.2. The number of anilines is 1. The number of imide groups is 1. The van der Waals surface area contributed by atoms with Gasteiger partial charge in [-0.2, -0.15) is 4.98 Å². The van der Waals surface area contributed by atoms with E-state index in [1.54, 1.807) is 42.5 Å². The van der Waals surface area contributed by atoms with Crippen LogP contribution in [0.1, 0.15) is 16.1 Å². The normalized spacial score (nSPS) is 14.1. The first-order valence-electron chi connectivity index (χ1n) is 10.0. The molecule has 0 unspecified atom stereocenters. The number of aromatic nitrogens is 2. The number of nitrogens with zero attached hydrogens (tertiary/aromatic N) is 2. The molecular weight excluding hydrogens is 442 g/mol. The van der Waals surface area contributed by atoms with Crippen molar-refractivity contribution in [1.82, 2.24) is 20.6 Å². The summed E-state index contributed by atoms with van der Waals surface area (Å²) in [5.74, 6) is 0.428. The molecule has 0 aliphatic carbocycles. The summed E-state index contributed by atoms with van der Waals surface area (Å²) in [6, 6.07) is 19.6. The molecule has 166 valence electrons. The molecular formula is C23H19N5O4S. The molecule has 2 aromatic carbocycles. The third kappa shape index (κ3) is 6.17. The van der Waals surface area contributed by atoms with Crippen molar-refractivity contribution in [3.63, 3.8) is 0 Å². The lowest BCUT2D eigenvalue weighted by Gasteiger charge is -2.10. The highest BCUT2D eigenvalue weighted by molar-refractivity contribution is 8.18. The highest BCUT2D eigenvalue weighted by Gasteiger charge is 2.25. The van der Waals surface area contributed by atoms with Crippen molar-refractivity contribution in [3.8, 4) is 11.6 Å². The Balaban J connectivity index is 1.46. The van der Waals surface area contributed by atoms with E-state index in [1.165, 1.54) is 6.08 Å². The Hall–Kier alpha value is -4.18. The van der Waals surface area contributed by atoms with Gasteiger partial charge in [0.2, 0.25) is 11.8 Å². The van der Waals surface area contributed by atoms with E-state index >= 15 is 0 Å². The molecule has 1 aromatic heterocycles. The molecule has 4 rings (SSSR count). The quantitative estimate of drug-likeness (QED) is 0.344. The standard InChI is InChI=1S/C23H19N5O4S/c29-20(15-7-3-1-4-8-15)24-11-12-25-22-26-16(13-18-21(30)28-23(31)33-18)14-19(27-22)32-17-9-5-2-6-10-17/h1-10,13-14H,11-12H2,(H,24,29)(H,25,26,27)(H,28,30,31)/b18-13-. The number of hydrogen-bond acceptors (Lipinski definition) is 8. The molecule has 2 heterocycles. The Labute approximate surface area is 193 Å². The number of ether oxygens (including phenoxy) is 1. The van der Waals surface area contributed by atoms with Crippen LogP contribution in [-0.4, -0.2) is 40.1 Å². The maximum atomic E-state index is 12.2. The molecule has 1 aliphatic heterocycles. The summed E-state index contributed by atoms with van der Waals surface area (Å²) in [6.45, 7) is 0.696. The fraction of sp³-hybridized carbons (Fsp3) is 0.0870. The van der Waals surface area contributed by atoms with Crippen molar-refractivity contribution in [3.05, 3.63) is 82.9 Å². The average molecular weight is 462 g/mol. The number of carbonyl (C=O) groups is 3. The van der Waals surface area contributed by atoms with Crippen LogP contribution in [-0.2, 0) is 4.79 Å². The first kappa shape index (κ1) is 22.0. The van der Waals surface area contributed by atoms with Crippen molar-refractivity contribution in [2.24, 2.45) is 0 Å². The summed E-state index contributed by atoms with van der Waals surface area (Å²) in [5.41, 5.74) is 0.960. The maximum Gasteiger partial charge on any atom is 0.290 e. The zero-order chi connectivity index (χ0) is 23.0. The first-order chi connectivity index (χ1) is 16.1. The summed E-state index contributed by atoms with van der Waals surface area (Å²) in [6.07, 6.45) is 1.49. The number of carbonyl (C=O) groups excluding carboxylic acids is 3. The minimum Gasteiger partial charge on any atom is -0.439 e. The van der Waals surface area contributed by atoms with E-state index in [-0.39, 0.29) is 22.6 Å². The molecule has 3 aromatic rings. The minimum absolute atomic E-state index is 0.182. The fourth-order valence-corrected chi connectivity index (χ4v) is 3.52. The molecule has 10 heteroatoms. The fourth-order valence-electron chi connectivity index (χ4n) is 2.85. The Kier molecular flexibility index (Phi) is 6.96. The van der Waals surface area contributed by atoms with Gasteiger partial charge in [-0.1, -0.05) is 36.4 Å². The second-order valence-corrected chi connectivity index (χ2v) is 7.79. The molecule has 3 N–H and O–H groups in total. The second-order valence-electron chi connectivity index (χ2n) is 6.77. The summed E-state index contributed by atoms with van der Waals surface area (Å²) in [4.78, 5) is 44.4. The van der Waals surface area contributed by atoms with E-state index in [9.17, 15) is 14.4 Å². The molecule has 3 amide bonds. The minimum atomic E-state index is -0.479. The Morgan fingerprint density at radius 1 is 1.00 bits per heavy atom. The van der Waals surface area contributed by atoms with E-state index in [1.807, 2.05) is 24.3 Å². The highest BCUT2D eigenvalue weighted by atomic mass is 32.2. The molecule has 1 saturated heterocycles. The monoisotopic (exact) mass is 461 g/mol. The summed E-state index contributed by atoms with van der Waals surface area (Å²) >= 11 is 0.799. The van der Waals surface area contributed by atoms with Crippen molar-refractivity contribution in [2.45, 2.75) is 0 Å². The SMILES string of the molecule is O=C1NC(=O)/C(=C/c2cc(Oc3ccccc3)nc(NCCNC(=O)c3ccccc3)n2)S1. The molecule has 1 aliphatic rings.